The number of rotatable bonds is 2. The van der Waals surface area contributed by atoms with Crippen molar-refractivity contribution in [1.82, 2.24) is 19.6 Å². The number of aromatic nitrogens is 4. The molecule has 1 aliphatic heterocycles. The predicted octanol–water partition coefficient (Wildman–Crippen LogP) is 1.90. The standard InChI is InChI=1S/C16H17FN6/c1-12-11-16(23-15(19-12)5-6-18-23)22-9-7-21(8-10-22)14-4-2-3-13(17)20-14/h2-6,11H,7-10H2,1H3. The van der Waals surface area contributed by atoms with Gasteiger partial charge in [0.15, 0.2) is 5.65 Å². The molecule has 0 spiro atoms. The molecule has 0 saturated carbocycles. The Kier molecular flexibility index (Phi) is 3.33. The summed E-state index contributed by atoms with van der Waals surface area (Å²) in [6.07, 6.45) is 1.76. The fourth-order valence-corrected chi connectivity index (χ4v) is 2.98. The molecule has 0 bridgehead atoms. The van der Waals surface area contributed by atoms with Crippen molar-refractivity contribution in [2.45, 2.75) is 6.92 Å². The highest BCUT2D eigenvalue weighted by molar-refractivity contribution is 5.52. The summed E-state index contributed by atoms with van der Waals surface area (Å²) in [4.78, 5) is 12.8. The molecule has 0 radical (unpaired) electrons. The average molecular weight is 312 g/mol. The van der Waals surface area contributed by atoms with Crippen molar-refractivity contribution in [1.29, 1.82) is 0 Å². The highest BCUT2D eigenvalue weighted by atomic mass is 19.1. The Morgan fingerprint density at radius 2 is 1.78 bits per heavy atom. The Labute approximate surface area is 133 Å². The van der Waals surface area contributed by atoms with Crippen molar-refractivity contribution in [3.63, 3.8) is 0 Å². The number of anilines is 2. The first-order valence-electron chi connectivity index (χ1n) is 7.64. The molecule has 118 valence electrons. The van der Waals surface area contributed by atoms with Gasteiger partial charge in [-0.15, -0.1) is 0 Å². The van der Waals surface area contributed by atoms with Crippen molar-refractivity contribution in [3.8, 4) is 0 Å². The molecule has 7 heteroatoms. The molecule has 1 aliphatic rings. The summed E-state index contributed by atoms with van der Waals surface area (Å²) < 4.78 is 15.1. The number of pyridine rings is 1. The molecule has 0 aliphatic carbocycles. The molecule has 1 saturated heterocycles. The first-order chi connectivity index (χ1) is 11.2. The molecule has 0 atom stereocenters. The first kappa shape index (κ1) is 13.9. The van der Waals surface area contributed by atoms with Gasteiger partial charge in [-0.05, 0) is 19.1 Å². The Morgan fingerprint density at radius 3 is 2.57 bits per heavy atom. The van der Waals surface area contributed by atoms with Crippen LogP contribution in [0.3, 0.4) is 0 Å². The van der Waals surface area contributed by atoms with Gasteiger partial charge in [-0.3, -0.25) is 0 Å². The molecule has 3 aromatic heterocycles. The van der Waals surface area contributed by atoms with Crippen LogP contribution in [0.1, 0.15) is 5.69 Å². The number of fused-ring (bicyclic) bond motifs is 1. The molecule has 4 heterocycles. The fraction of sp³-hybridized carbons (Fsp3) is 0.312. The van der Waals surface area contributed by atoms with Crippen LogP contribution in [0.5, 0.6) is 0 Å². The first-order valence-corrected chi connectivity index (χ1v) is 7.64. The molecule has 0 N–H and O–H groups in total. The van der Waals surface area contributed by atoms with Crippen LogP contribution in [-0.4, -0.2) is 45.8 Å². The van der Waals surface area contributed by atoms with Gasteiger partial charge in [0.05, 0.1) is 6.20 Å². The summed E-state index contributed by atoms with van der Waals surface area (Å²) in [5.74, 6) is 1.30. The Morgan fingerprint density at radius 1 is 1.00 bits per heavy atom. The van der Waals surface area contributed by atoms with E-state index >= 15 is 0 Å². The van der Waals surface area contributed by atoms with Gasteiger partial charge in [0.2, 0.25) is 5.95 Å². The Bertz CT molecular complexity index is 837. The van der Waals surface area contributed by atoms with Gasteiger partial charge in [-0.1, -0.05) is 6.07 Å². The van der Waals surface area contributed by atoms with Crippen LogP contribution in [0.15, 0.2) is 36.5 Å². The lowest BCUT2D eigenvalue weighted by Crippen LogP contribution is -2.47. The molecule has 3 aromatic rings. The van der Waals surface area contributed by atoms with E-state index in [-0.39, 0.29) is 0 Å². The molecule has 0 amide bonds. The van der Waals surface area contributed by atoms with E-state index in [0.717, 1.165) is 43.3 Å². The molecule has 6 nitrogen and oxygen atoms in total. The van der Waals surface area contributed by atoms with Gasteiger partial charge in [0.1, 0.15) is 11.6 Å². The van der Waals surface area contributed by atoms with Crippen molar-refractivity contribution < 1.29 is 4.39 Å². The van der Waals surface area contributed by atoms with Crippen LogP contribution < -0.4 is 9.80 Å². The van der Waals surface area contributed by atoms with Gasteiger partial charge in [0, 0.05) is 44.0 Å². The summed E-state index contributed by atoms with van der Waals surface area (Å²) in [7, 11) is 0. The van der Waals surface area contributed by atoms with E-state index in [1.165, 1.54) is 6.07 Å². The van der Waals surface area contributed by atoms with Crippen LogP contribution in [0.2, 0.25) is 0 Å². The second-order valence-electron chi connectivity index (χ2n) is 5.65. The molecule has 0 unspecified atom stereocenters. The molecule has 4 rings (SSSR count). The van der Waals surface area contributed by atoms with Crippen molar-refractivity contribution in [2.75, 3.05) is 36.0 Å². The number of hydrogen-bond acceptors (Lipinski definition) is 5. The van der Waals surface area contributed by atoms with Gasteiger partial charge < -0.3 is 9.80 Å². The molecule has 23 heavy (non-hydrogen) atoms. The van der Waals surface area contributed by atoms with Gasteiger partial charge in [0.25, 0.3) is 0 Å². The summed E-state index contributed by atoms with van der Waals surface area (Å²) in [6.45, 7) is 5.23. The van der Waals surface area contributed by atoms with E-state index in [4.69, 9.17) is 0 Å². The van der Waals surface area contributed by atoms with Crippen molar-refractivity contribution in [2.24, 2.45) is 0 Å². The van der Waals surface area contributed by atoms with Crippen LogP contribution in [0.25, 0.3) is 5.65 Å². The van der Waals surface area contributed by atoms with Crippen LogP contribution in [0.4, 0.5) is 16.0 Å². The van der Waals surface area contributed by atoms with E-state index in [0.29, 0.717) is 5.82 Å². The highest BCUT2D eigenvalue weighted by Crippen LogP contribution is 2.20. The lowest BCUT2D eigenvalue weighted by molar-refractivity contribution is 0.573. The normalized spacial score (nSPS) is 15.4. The lowest BCUT2D eigenvalue weighted by atomic mass is 10.3. The van der Waals surface area contributed by atoms with Gasteiger partial charge in [-0.2, -0.15) is 14.0 Å². The minimum Gasteiger partial charge on any atom is -0.353 e. The summed E-state index contributed by atoms with van der Waals surface area (Å²) >= 11 is 0. The minimum absolute atomic E-state index is 0.437. The van der Waals surface area contributed by atoms with Gasteiger partial charge in [-0.25, -0.2) is 9.97 Å². The zero-order valence-electron chi connectivity index (χ0n) is 12.9. The third-order valence-electron chi connectivity index (χ3n) is 4.10. The third kappa shape index (κ3) is 2.58. The number of piperazine rings is 1. The van der Waals surface area contributed by atoms with Crippen molar-refractivity contribution >= 4 is 17.3 Å². The lowest BCUT2D eigenvalue weighted by Gasteiger charge is -2.36. The topological polar surface area (TPSA) is 49.6 Å². The predicted molar refractivity (Wildman–Crippen MR) is 86.3 cm³/mol. The maximum absolute atomic E-state index is 13.3. The van der Waals surface area contributed by atoms with Crippen LogP contribution in [0, 0.1) is 12.9 Å². The average Bonchev–Trinajstić information content (AvgIpc) is 3.02. The molecular formula is C16H17FN6. The summed E-state index contributed by atoms with van der Waals surface area (Å²) in [5, 5.41) is 4.36. The molecule has 1 fully saturated rings. The third-order valence-corrected chi connectivity index (χ3v) is 4.10. The second kappa shape index (κ2) is 5.49. The Hall–Kier alpha value is -2.70. The SMILES string of the molecule is Cc1cc(N2CCN(c3cccc(F)n3)CC2)n2nccc2n1. The number of aryl methyl sites for hydroxylation is 1. The zero-order chi connectivity index (χ0) is 15.8. The smallest absolute Gasteiger partial charge is 0.214 e. The monoisotopic (exact) mass is 312 g/mol. The summed E-state index contributed by atoms with van der Waals surface area (Å²) in [6, 6.07) is 8.87. The van der Waals surface area contributed by atoms with E-state index in [1.54, 1.807) is 12.3 Å². The maximum atomic E-state index is 13.3. The quantitative estimate of drug-likeness (QED) is 0.677. The van der Waals surface area contributed by atoms with Crippen LogP contribution in [-0.2, 0) is 0 Å². The van der Waals surface area contributed by atoms with E-state index < -0.39 is 5.95 Å². The maximum Gasteiger partial charge on any atom is 0.214 e. The fourth-order valence-electron chi connectivity index (χ4n) is 2.98. The number of halogens is 1. The van der Waals surface area contributed by atoms with E-state index in [1.807, 2.05) is 23.6 Å². The van der Waals surface area contributed by atoms with Gasteiger partial charge >= 0.3 is 0 Å². The summed E-state index contributed by atoms with van der Waals surface area (Å²) in [5.41, 5.74) is 1.83. The number of hydrogen-bond donors (Lipinski definition) is 0. The highest BCUT2D eigenvalue weighted by Gasteiger charge is 2.21. The van der Waals surface area contributed by atoms with E-state index in [9.17, 15) is 4.39 Å². The largest absolute Gasteiger partial charge is 0.353 e. The number of nitrogens with zero attached hydrogens (tertiary/aromatic N) is 6. The minimum atomic E-state index is -0.437. The Balaban J connectivity index is 1.56. The van der Waals surface area contributed by atoms with E-state index in [2.05, 4.69) is 30.9 Å². The molecular weight excluding hydrogens is 295 g/mol. The van der Waals surface area contributed by atoms with Crippen LogP contribution >= 0.6 is 0 Å². The zero-order valence-corrected chi connectivity index (χ0v) is 12.9. The molecule has 0 aromatic carbocycles. The van der Waals surface area contributed by atoms with Crippen molar-refractivity contribution in [3.05, 3.63) is 48.2 Å². The second-order valence-corrected chi connectivity index (χ2v) is 5.65.